The summed E-state index contributed by atoms with van der Waals surface area (Å²) in [6.07, 6.45) is 2.26. The summed E-state index contributed by atoms with van der Waals surface area (Å²) in [7, 11) is 0. The van der Waals surface area contributed by atoms with Crippen LogP contribution in [0.4, 0.5) is 17.6 Å². The monoisotopic (exact) mass is 269 g/mol. The maximum absolute atomic E-state index is 13.3. The van der Waals surface area contributed by atoms with E-state index in [0.29, 0.717) is 12.3 Å². The minimum atomic E-state index is -1.40. The van der Waals surface area contributed by atoms with Crippen molar-refractivity contribution in [3.63, 3.8) is 0 Å². The van der Waals surface area contributed by atoms with E-state index in [1.165, 1.54) is 0 Å². The van der Waals surface area contributed by atoms with Crippen LogP contribution in [0.3, 0.4) is 0 Å². The second-order valence-corrected chi connectivity index (χ2v) is 4.17. The standard InChI is InChI=1S/C11H11F4N.ClH/c12-6-4-7(13)11(15)9(10(6)14)8(16)3-5-1-2-5;/h4-5,8H,1-3,16H2;1H/t8-;/m1./s1. The Hall–Kier alpha value is -0.810. The van der Waals surface area contributed by atoms with Gasteiger partial charge in [-0.05, 0) is 12.3 Å². The molecule has 0 aromatic heterocycles. The van der Waals surface area contributed by atoms with Crippen molar-refractivity contribution < 1.29 is 17.6 Å². The van der Waals surface area contributed by atoms with Gasteiger partial charge in [0.2, 0.25) is 0 Å². The molecule has 1 aromatic rings. The fraction of sp³-hybridized carbons (Fsp3) is 0.455. The lowest BCUT2D eigenvalue weighted by atomic mass is 10.0. The normalized spacial score (nSPS) is 16.5. The number of halogens is 5. The van der Waals surface area contributed by atoms with Crippen molar-refractivity contribution in [2.75, 3.05) is 0 Å². The Morgan fingerprint density at radius 1 is 1.12 bits per heavy atom. The highest BCUT2D eigenvalue weighted by Crippen LogP contribution is 2.38. The Bertz CT molecular complexity index is 394. The van der Waals surface area contributed by atoms with Gasteiger partial charge in [-0.1, -0.05) is 12.8 Å². The molecular weight excluding hydrogens is 258 g/mol. The predicted molar refractivity (Wildman–Crippen MR) is 57.8 cm³/mol. The van der Waals surface area contributed by atoms with Crippen molar-refractivity contribution in [2.45, 2.75) is 25.3 Å². The first-order valence-corrected chi connectivity index (χ1v) is 5.09. The molecule has 0 unspecified atom stereocenters. The van der Waals surface area contributed by atoms with Gasteiger partial charge in [0, 0.05) is 17.7 Å². The molecule has 1 fully saturated rings. The Balaban J connectivity index is 0.00000144. The Kier molecular flexibility index (Phi) is 4.38. The number of nitrogens with two attached hydrogens (primary N) is 1. The Morgan fingerprint density at radius 2 is 1.59 bits per heavy atom. The lowest BCUT2D eigenvalue weighted by Crippen LogP contribution is -2.17. The van der Waals surface area contributed by atoms with E-state index in [0.717, 1.165) is 12.8 Å². The number of rotatable bonds is 3. The van der Waals surface area contributed by atoms with Crippen LogP contribution in [-0.2, 0) is 0 Å². The lowest BCUT2D eigenvalue weighted by Gasteiger charge is -2.14. The van der Waals surface area contributed by atoms with Gasteiger partial charge in [0.1, 0.15) is 0 Å². The van der Waals surface area contributed by atoms with Crippen molar-refractivity contribution in [2.24, 2.45) is 11.7 Å². The molecule has 6 heteroatoms. The average molecular weight is 270 g/mol. The van der Waals surface area contributed by atoms with Crippen LogP contribution in [0.15, 0.2) is 6.07 Å². The number of hydrogen-bond donors (Lipinski definition) is 1. The van der Waals surface area contributed by atoms with Gasteiger partial charge < -0.3 is 5.73 Å². The zero-order chi connectivity index (χ0) is 11.9. The summed E-state index contributed by atoms with van der Waals surface area (Å²) in [6.45, 7) is 0. The molecule has 1 saturated carbocycles. The van der Waals surface area contributed by atoms with Crippen LogP contribution < -0.4 is 5.73 Å². The van der Waals surface area contributed by atoms with Crippen molar-refractivity contribution in [1.82, 2.24) is 0 Å². The van der Waals surface area contributed by atoms with E-state index in [1.807, 2.05) is 0 Å². The average Bonchev–Trinajstić information content (AvgIpc) is 2.99. The second-order valence-electron chi connectivity index (χ2n) is 4.17. The van der Waals surface area contributed by atoms with E-state index >= 15 is 0 Å². The van der Waals surface area contributed by atoms with E-state index in [2.05, 4.69) is 0 Å². The van der Waals surface area contributed by atoms with Gasteiger partial charge in [-0.15, -0.1) is 12.4 Å². The van der Waals surface area contributed by atoms with Crippen LogP contribution in [0.2, 0.25) is 0 Å². The molecule has 96 valence electrons. The van der Waals surface area contributed by atoms with Crippen molar-refractivity contribution in [3.05, 3.63) is 34.9 Å². The first-order valence-electron chi connectivity index (χ1n) is 5.09. The molecule has 1 aromatic carbocycles. The Labute approximate surface area is 102 Å². The third kappa shape index (κ3) is 2.90. The zero-order valence-corrected chi connectivity index (χ0v) is 9.67. The van der Waals surface area contributed by atoms with E-state index in [-0.39, 0.29) is 18.5 Å². The fourth-order valence-corrected chi connectivity index (χ4v) is 1.75. The molecule has 1 aliphatic rings. The smallest absolute Gasteiger partial charge is 0.166 e. The summed E-state index contributed by atoms with van der Waals surface area (Å²) in [4.78, 5) is 0. The summed E-state index contributed by atoms with van der Waals surface area (Å²) in [5.41, 5.74) is 4.89. The van der Waals surface area contributed by atoms with Gasteiger partial charge in [0.15, 0.2) is 23.3 Å². The van der Waals surface area contributed by atoms with Crippen molar-refractivity contribution >= 4 is 12.4 Å². The van der Waals surface area contributed by atoms with Crippen LogP contribution in [-0.4, -0.2) is 0 Å². The summed E-state index contributed by atoms with van der Waals surface area (Å²) in [6, 6.07) is -0.796. The molecule has 0 spiro atoms. The molecule has 0 amide bonds. The summed E-state index contributed by atoms with van der Waals surface area (Å²) in [5, 5.41) is 0. The number of benzene rings is 1. The third-order valence-electron chi connectivity index (χ3n) is 2.80. The third-order valence-corrected chi connectivity index (χ3v) is 2.80. The van der Waals surface area contributed by atoms with E-state index in [9.17, 15) is 17.6 Å². The molecule has 17 heavy (non-hydrogen) atoms. The van der Waals surface area contributed by atoms with Gasteiger partial charge in [0.05, 0.1) is 0 Å². The van der Waals surface area contributed by atoms with Gasteiger partial charge >= 0.3 is 0 Å². The van der Waals surface area contributed by atoms with Gasteiger partial charge in [-0.2, -0.15) is 0 Å². The maximum Gasteiger partial charge on any atom is 0.166 e. The minimum absolute atomic E-state index is 0. The highest BCUT2D eigenvalue weighted by molar-refractivity contribution is 5.85. The van der Waals surface area contributed by atoms with Gasteiger partial charge in [-0.25, -0.2) is 17.6 Å². The molecule has 2 rings (SSSR count). The maximum atomic E-state index is 13.3. The fourth-order valence-electron chi connectivity index (χ4n) is 1.75. The SMILES string of the molecule is Cl.N[C@H](CC1CC1)c1c(F)c(F)cc(F)c1F. The summed E-state index contributed by atoms with van der Waals surface area (Å²) in [5.74, 6) is -5.25. The molecule has 2 N–H and O–H groups in total. The predicted octanol–water partition coefficient (Wildman–Crippen LogP) is 3.46. The molecule has 0 radical (unpaired) electrons. The quantitative estimate of drug-likeness (QED) is 0.660. The van der Waals surface area contributed by atoms with E-state index < -0.39 is 34.9 Å². The highest BCUT2D eigenvalue weighted by atomic mass is 35.5. The molecule has 0 saturated heterocycles. The first kappa shape index (κ1) is 14.3. The topological polar surface area (TPSA) is 26.0 Å². The van der Waals surface area contributed by atoms with Gasteiger partial charge in [-0.3, -0.25) is 0 Å². The molecule has 1 nitrogen and oxygen atoms in total. The zero-order valence-electron chi connectivity index (χ0n) is 8.85. The highest BCUT2D eigenvalue weighted by Gasteiger charge is 2.29. The Morgan fingerprint density at radius 3 is 2.00 bits per heavy atom. The molecule has 0 heterocycles. The minimum Gasteiger partial charge on any atom is -0.324 e. The second kappa shape index (κ2) is 5.23. The molecule has 0 bridgehead atoms. The van der Waals surface area contributed by atoms with Crippen molar-refractivity contribution in [1.29, 1.82) is 0 Å². The van der Waals surface area contributed by atoms with Crippen LogP contribution in [0.5, 0.6) is 0 Å². The largest absolute Gasteiger partial charge is 0.324 e. The molecule has 0 aliphatic heterocycles. The lowest BCUT2D eigenvalue weighted by molar-refractivity contribution is 0.418. The van der Waals surface area contributed by atoms with Crippen LogP contribution in [0.1, 0.15) is 30.9 Å². The van der Waals surface area contributed by atoms with Crippen LogP contribution in [0, 0.1) is 29.2 Å². The molecule has 1 atom stereocenters. The van der Waals surface area contributed by atoms with Crippen molar-refractivity contribution in [3.8, 4) is 0 Å². The molecular formula is C11H12ClF4N. The van der Waals surface area contributed by atoms with Crippen LogP contribution in [0.25, 0.3) is 0 Å². The summed E-state index contributed by atoms with van der Waals surface area (Å²) < 4.78 is 52.4. The summed E-state index contributed by atoms with van der Waals surface area (Å²) >= 11 is 0. The van der Waals surface area contributed by atoms with E-state index in [1.54, 1.807) is 0 Å². The number of hydrogen-bond acceptors (Lipinski definition) is 1. The van der Waals surface area contributed by atoms with Crippen LogP contribution >= 0.6 is 12.4 Å². The van der Waals surface area contributed by atoms with Gasteiger partial charge in [0.25, 0.3) is 0 Å². The first-order chi connectivity index (χ1) is 7.50. The molecule has 1 aliphatic carbocycles. The van der Waals surface area contributed by atoms with E-state index in [4.69, 9.17) is 5.73 Å².